The average molecular weight is 349 g/mol. The molecule has 2 atom stereocenters. The van der Waals surface area contributed by atoms with Crippen LogP contribution in [0.2, 0.25) is 0 Å². The van der Waals surface area contributed by atoms with Crippen molar-refractivity contribution >= 4 is 5.91 Å². The number of nitrogens with zero attached hydrogens (tertiary/aromatic N) is 1. The van der Waals surface area contributed by atoms with Crippen LogP contribution in [0.25, 0.3) is 0 Å². The largest absolute Gasteiger partial charge is 0.370 e. The van der Waals surface area contributed by atoms with Gasteiger partial charge in [0, 0.05) is 13.0 Å². The van der Waals surface area contributed by atoms with Crippen LogP contribution in [0.1, 0.15) is 49.8 Å². The normalized spacial score (nSPS) is 20.8. The first-order valence-electron chi connectivity index (χ1n) is 9.72. The maximum Gasteiger partial charge on any atom is 0.223 e. The van der Waals surface area contributed by atoms with E-state index in [4.69, 9.17) is 4.74 Å². The number of carbonyl (C=O) groups excluding carboxylic acids is 1. The SMILES string of the molecule is C[C@@](c1ccccc1)([C@H](OCC1CC1)c1ccccc1)N1CCCC1=O. The molecule has 1 saturated carbocycles. The molecule has 1 amide bonds. The van der Waals surface area contributed by atoms with Gasteiger partial charge in [-0.25, -0.2) is 0 Å². The van der Waals surface area contributed by atoms with Crippen LogP contribution in [0.4, 0.5) is 0 Å². The summed E-state index contributed by atoms with van der Waals surface area (Å²) < 4.78 is 6.54. The summed E-state index contributed by atoms with van der Waals surface area (Å²) in [5.74, 6) is 0.905. The minimum atomic E-state index is -0.509. The standard InChI is InChI=1S/C23H27NO2/c1-23(20-11-6-3-7-12-20,24-16-8-13-21(24)25)22(26-17-18-14-15-18)19-9-4-2-5-10-19/h2-7,9-12,18,22H,8,13-17H2,1H3/t22-,23-/m1/s1. The zero-order valence-electron chi connectivity index (χ0n) is 15.4. The van der Waals surface area contributed by atoms with Crippen molar-refractivity contribution in [2.75, 3.05) is 13.2 Å². The Morgan fingerprint density at radius 1 is 1.08 bits per heavy atom. The highest BCUT2D eigenvalue weighted by atomic mass is 16.5. The summed E-state index contributed by atoms with van der Waals surface area (Å²) >= 11 is 0. The van der Waals surface area contributed by atoms with E-state index in [-0.39, 0.29) is 12.0 Å². The van der Waals surface area contributed by atoms with E-state index in [2.05, 4.69) is 55.5 Å². The van der Waals surface area contributed by atoms with Gasteiger partial charge in [-0.3, -0.25) is 4.79 Å². The Morgan fingerprint density at radius 3 is 2.31 bits per heavy atom. The second-order valence-corrected chi connectivity index (χ2v) is 7.73. The second-order valence-electron chi connectivity index (χ2n) is 7.73. The highest BCUT2D eigenvalue weighted by molar-refractivity contribution is 5.79. The monoisotopic (exact) mass is 349 g/mol. The molecule has 0 bridgehead atoms. The van der Waals surface area contributed by atoms with Gasteiger partial charge in [0.15, 0.2) is 0 Å². The van der Waals surface area contributed by atoms with Crippen LogP contribution >= 0.6 is 0 Å². The molecule has 3 heteroatoms. The number of hydrogen-bond donors (Lipinski definition) is 0. The zero-order chi connectivity index (χ0) is 18.0. The van der Waals surface area contributed by atoms with Gasteiger partial charge in [0.2, 0.25) is 5.91 Å². The molecule has 0 radical (unpaired) electrons. The van der Waals surface area contributed by atoms with E-state index in [1.54, 1.807) is 0 Å². The fraction of sp³-hybridized carbons (Fsp3) is 0.435. The van der Waals surface area contributed by atoms with E-state index in [0.29, 0.717) is 12.3 Å². The van der Waals surface area contributed by atoms with E-state index in [0.717, 1.165) is 30.7 Å². The van der Waals surface area contributed by atoms with E-state index in [9.17, 15) is 4.79 Å². The van der Waals surface area contributed by atoms with Gasteiger partial charge in [-0.15, -0.1) is 0 Å². The molecule has 2 fully saturated rings. The fourth-order valence-corrected chi connectivity index (χ4v) is 4.09. The highest BCUT2D eigenvalue weighted by Gasteiger charge is 2.47. The van der Waals surface area contributed by atoms with Crippen LogP contribution in [0.3, 0.4) is 0 Å². The third-order valence-electron chi connectivity index (χ3n) is 5.80. The molecule has 2 aromatic carbocycles. The minimum Gasteiger partial charge on any atom is -0.370 e. The lowest BCUT2D eigenvalue weighted by atomic mass is 9.81. The molecular weight excluding hydrogens is 322 g/mol. The predicted molar refractivity (Wildman–Crippen MR) is 103 cm³/mol. The molecule has 0 unspecified atom stereocenters. The molecule has 1 aliphatic carbocycles. The van der Waals surface area contributed by atoms with Gasteiger partial charge in [0.05, 0.1) is 12.1 Å². The third-order valence-corrected chi connectivity index (χ3v) is 5.80. The number of likely N-dealkylation sites (tertiary alicyclic amines) is 1. The first kappa shape index (κ1) is 17.3. The summed E-state index contributed by atoms with van der Waals surface area (Å²) in [6, 6.07) is 20.8. The van der Waals surface area contributed by atoms with Gasteiger partial charge in [-0.1, -0.05) is 60.7 Å². The minimum absolute atomic E-state index is 0.172. The second kappa shape index (κ2) is 7.24. The number of ether oxygens (including phenoxy) is 1. The zero-order valence-corrected chi connectivity index (χ0v) is 15.4. The maximum atomic E-state index is 12.8. The molecule has 1 saturated heterocycles. The highest BCUT2D eigenvalue weighted by Crippen LogP contribution is 2.45. The molecule has 26 heavy (non-hydrogen) atoms. The Morgan fingerprint density at radius 2 is 1.73 bits per heavy atom. The maximum absolute atomic E-state index is 12.8. The Balaban J connectivity index is 1.78. The van der Waals surface area contributed by atoms with Crippen molar-refractivity contribution in [3.05, 3.63) is 71.8 Å². The number of carbonyl (C=O) groups is 1. The number of hydrogen-bond acceptors (Lipinski definition) is 2. The molecule has 1 heterocycles. The van der Waals surface area contributed by atoms with Crippen molar-refractivity contribution in [2.24, 2.45) is 5.92 Å². The molecule has 4 rings (SSSR count). The Bertz CT molecular complexity index is 741. The lowest BCUT2D eigenvalue weighted by molar-refractivity contribution is -0.142. The van der Waals surface area contributed by atoms with Gasteiger partial charge in [-0.05, 0) is 43.2 Å². The summed E-state index contributed by atoms with van der Waals surface area (Å²) in [7, 11) is 0. The molecule has 3 nitrogen and oxygen atoms in total. The van der Waals surface area contributed by atoms with E-state index in [1.165, 1.54) is 12.8 Å². The molecule has 1 aliphatic heterocycles. The van der Waals surface area contributed by atoms with Gasteiger partial charge >= 0.3 is 0 Å². The molecule has 2 aromatic rings. The van der Waals surface area contributed by atoms with E-state index < -0.39 is 5.54 Å². The van der Waals surface area contributed by atoms with Crippen LogP contribution < -0.4 is 0 Å². The molecule has 0 aromatic heterocycles. The summed E-state index contributed by atoms with van der Waals surface area (Å²) in [4.78, 5) is 14.8. The quantitative estimate of drug-likeness (QED) is 0.725. The van der Waals surface area contributed by atoms with Crippen molar-refractivity contribution < 1.29 is 9.53 Å². The molecule has 2 aliphatic rings. The van der Waals surface area contributed by atoms with Crippen molar-refractivity contribution in [1.82, 2.24) is 4.90 Å². The first-order chi connectivity index (χ1) is 12.7. The van der Waals surface area contributed by atoms with Crippen LogP contribution in [-0.4, -0.2) is 24.0 Å². The Kier molecular flexibility index (Phi) is 4.82. The average Bonchev–Trinajstić information content (AvgIpc) is 3.41. The lowest BCUT2D eigenvalue weighted by Gasteiger charge is -2.45. The van der Waals surface area contributed by atoms with E-state index >= 15 is 0 Å². The van der Waals surface area contributed by atoms with Crippen LogP contribution in [0, 0.1) is 5.92 Å². The van der Waals surface area contributed by atoms with Gasteiger partial charge in [0.25, 0.3) is 0 Å². The summed E-state index contributed by atoms with van der Waals surface area (Å²) in [5, 5.41) is 0. The third kappa shape index (κ3) is 3.28. The van der Waals surface area contributed by atoms with Crippen molar-refractivity contribution in [3.63, 3.8) is 0 Å². The number of rotatable bonds is 7. The predicted octanol–water partition coefficient (Wildman–Crippen LogP) is 4.69. The topological polar surface area (TPSA) is 29.5 Å². The van der Waals surface area contributed by atoms with Gasteiger partial charge in [-0.2, -0.15) is 0 Å². The number of amides is 1. The van der Waals surface area contributed by atoms with Crippen molar-refractivity contribution in [3.8, 4) is 0 Å². The van der Waals surface area contributed by atoms with Gasteiger partial charge < -0.3 is 9.64 Å². The Labute approximate surface area is 156 Å². The van der Waals surface area contributed by atoms with E-state index in [1.807, 2.05) is 17.0 Å². The fourth-order valence-electron chi connectivity index (χ4n) is 4.09. The van der Waals surface area contributed by atoms with Gasteiger partial charge in [0.1, 0.15) is 6.10 Å². The smallest absolute Gasteiger partial charge is 0.223 e. The number of benzene rings is 2. The van der Waals surface area contributed by atoms with Crippen LogP contribution in [-0.2, 0) is 15.1 Å². The van der Waals surface area contributed by atoms with Crippen LogP contribution in [0.5, 0.6) is 0 Å². The molecule has 0 N–H and O–H groups in total. The summed E-state index contributed by atoms with van der Waals surface area (Å²) in [6.07, 6.45) is 3.89. The Hall–Kier alpha value is -2.13. The summed E-state index contributed by atoms with van der Waals surface area (Å²) in [5.41, 5.74) is 1.77. The van der Waals surface area contributed by atoms with Crippen molar-refractivity contribution in [2.45, 2.75) is 44.2 Å². The van der Waals surface area contributed by atoms with Crippen molar-refractivity contribution in [1.29, 1.82) is 0 Å². The summed E-state index contributed by atoms with van der Waals surface area (Å²) in [6.45, 7) is 3.74. The molecular formula is C23H27NO2. The lowest BCUT2D eigenvalue weighted by Crippen LogP contribution is -2.49. The molecule has 0 spiro atoms. The molecule has 136 valence electrons. The first-order valence-corrected chi connectivity index (χ1v) is 9.72. The van der Waals surface area contributed by atoms with Crippen LogP contribution in [0.15, 0.2) is 60.7 Å².